The zero-order valence-electron chi connectivity index (χ0n) is 13.2. The van der Waals surface area contributed by atoms with Gasteiger partial charge in [-0.1, -0.05) is 20.3 Å². The third-order valence-corrected chi connectivity index (χ3v) is 7.36. The number of nitrogens with two attached hydrogens (primary N) is 1. The van der Waals surface area contributed by atoms with Gasteiger partial charge in [-0.3, -0.25) is 0 Å². The Morgan fingerprint density at radius 3 is 2.70 bits per heavy atom. The third-order valence-electron chi connectivity index (χ3n) is 6.14. The molecule has 2 heterocycles. The molecule has 3 heteroatoms. The molecule has 0 aromatic rings. The lowest BCUT2D eigenvalue weighted by molar-refractivity contribution is -0.0940. The molecule has 1 saturated carbocycles. The molecule has 3 atom stereocenters. The predicted octanol–water partition coefficient (Wildman–Crippen LogP) is 3.98. The summed E-state index contributed by atoms with van der Waals surface area (Å²) >= 11 is 2.07. The van der Waals surface area contributed by atoms with E-state index in [9.17, 15) is 0 Å². The summed E-state index contributed by atoms with van der Waals surface area (Å²) in [5.41, 5.74) is 7.70. The molecule has 0 bridgehead atoms. The molecule has 3 rings (SSSR count). The van der Waals surface area contributed by atoms with Gasteiger partial charge >= 0.3 is 0 Å². The van der Waals surface area contributed by atoms with Crippen LogP contribution in [0.25, 0.3) is 0 Å². The normalized spacial score (nSPS) is 45.5. The van der Waals surface area contributed by atoms with Crippen molar-refractivity contribution >= 4 is 11.8 Å². The van der Waals surface area contributed by atoms with Crippen molar-refractivity contribution in [2.75, 3.05) is 18.1 Å². The summed E-state index contributed by atoms with van der Waals surface area (Å²) in [5.74, 6) is 3.16. The van der Waals surface area contributed by atoms with Gasteiger partial charge in [-0.2, -0.15) is 11.8 Å². The summed E-state index contributed by atoms with van der Waals surface area (Å²) in [6.07, 6.45) is 10.0. The molecule has 2 aliphatic heterocycles. The zero-order chi connectivity index (χ0) is 14.3. The van der Waals surface area contributed by atoms with E-state index in [-0.39, 0.29) is 11.1 Å². The Bertz CT molecular complexity index is 351. The maximum absolute atomic E-state index is 6.94. The molecular formula is C17H31NOS. The van der Waals surface area contributed by atoms with Crippen LogP contribution in [0.5, 0.6) is 0 Å². The second kappa shape index (κ2) is 5.48. The molecule has 1 aliphatic carbocycles. The lowest BCUT2D eigenvalue weighted by atomic mass is 9.70. The first-order valence-corrected chi connectivity index (χ1v) is 9.59. The Kier molecular flexibility index (Phi) is 4.16. The molecule has 2 nitrogen and oxygen atoms in total. The number of hydrogen-bond donors (Lipinski definition) is 1. The molecule has 0 aromatic heterocycles. The minimum Gasteiger partial charge on any atom is -0.374 e. The lowest BCUT2D eigenvalue weighted by Crippen LogP contribution is -2.53. The molecule has 0 aromatic carbocycles. The first-order chi connectivity index (χ1) is 9.43. The minimum atomic E-state index is 0.0812. The van der Waals surface area contributed by atoms with Crippen molar-refractivity contribution < 1.29 is 4.74 Å². The molecule has 3 unspecified atom stereocenters. The van der Waals surface area contributed by atoms with Gasteiger partial charge in [0.1, 0.15) is 0 Å². The number of ether oxygens (including phenoxy) is 1. The Hall–Kier alpha value is 0.270. The van der Waals surface area contributed by atoms with Crippen molar-refractivity contribution in [2.45, 2.75) is 76.4 Å². The first kappa shape index (κ1) is 15.2. The van der Waals surface area contributed by atoms with E-state index in [2.05, 4.69) is 25.6 Å². The van der Waals surface area contributed by atoms with E-state index in [0.717, 1.165) is 6.61 Å². The fourth-order valence-electron chi connectivity index (χ4n) is 4.51. The largest absolute Gasteiger partial charge is 0.374 e. The van der Waals surface area contributed by atoms with Gasteiger partial charge in [-0.25, -0.2) is 0 Å². The molecule has 116 valence electrons. The van der Waals surface area contributed by atoms with E-state index in [4.69, 9.17) is 10.5 Å². The SMILES string of the molecule is CC1(C)CCCC(N)(C2CCOC3(CCSC3)C2)CC1. The number of rotatable bonds is 1. The Morgan fingerprint density at radius 1 is 1.10 bits per heavy atom. The highest BCUT2D eigenvalue weighted by atomic mass is 32.2. The van der Waals surface area contributed by atoms with Crippen molar-refractivity contribution in [1.82, 2.24) is 0 Å². The Balaban J connectivity index is 1.70. The number of hydrogen-bond acceptors (Lipinski definition) is 3. The van der Waals surface area contributed by atoms with Crippen LogP contribution in [-0.2, 0) is 4.74 Å². The van der Waals surface area contributed by atoms with Gasteiger partial charge in [0.05, 0.1) is 5.60 Å². The van der Waals surface area contributed by atoms with Gasteiger partial charge in [0.2, 0.25) is 0 Å². The summed E-state index contributed by atoms with van der Waals surface area (Å²) in [6.45, 7) is 5.77. The van der Waals surface area contributed by atoms with Crippen LogP contribution >= 0.6 is 11.8 Å². The molecule has 3 fully saturated rings. The van der Waals surface area contributed by atoms with E-state index in [1.165, 1.54) is 62.9 Å². The molecule has 3 aliphatic rings. The second-order valence-corrected chi connectivity index (χ2v) is 9.38. The average molecular weight is 298 g/mol. The molecule has 0 amide bonds. The molecule has 0 radical (unpaired) electrons. The van der Waals surface area contributed by atoms with Crippen LogP contribution in [0.3, 0.4) is 0 Å². The van der Waals surface area contributed by atoms with Crippen molar-refractivity contribution in [3.05, 3.63) is 0 Å². The van der Waals surface area contributed by atoms with Gasteiger partial charge in [-0.05, 0) is 62.0 Å². The molecule has 20 heavy (non-hydrogen) atoms. The van der Waals surface area contributed by atoms with Crippen LogP contribution in [0.1, 0.15) is 65.2 Å². The van der Waals surface area contributed by atoms with Crippen LogP contribution in [-0.4, -0.2) is 29.3 Å². The van der Waals surface area contributed by atoms with Crippen LogP contribution in [0, 0.1) is 11.3 Å². The highest BCUT2D eigenvalue weighted by molar-refractivity contribution is 7.99. The second-order valence-electron chi connectivity index (χ2n) is 8.27. The summed E-state index contributed by atoms with van der Waals surface area (Å²) in [6, 6.07) is 0. The molecule has 2 N–H and O–H groups in total. The zero-order valence-corrected chi connectivity index (χ0v) is 14.1. The van der Waals surface area contributed by atoms with Gasteiger partial charge in [0.25, 0.3) is 0 Å². The fraction of sp³-hybridized carbons (Fsp3) is 1.00. The minimum absolute atomic E-state index is 0.0812. The van der Waals surface area contributed by atoms with Crippen LogP contribution < -0.4 is 5.73 Å². The summed E-state index contributed by atoms with van der Waals surface area (Å²) < 4.78 is 6.19. The van der Waals surface area contributed by atoms with E-state index >= 15 is 0 Å². The maximum Gasteiger partial charge on any atom is 0.0783 e. The van der Waals surface area contributed by atoms with Gasteiger partial charge < -0.3 is 10.5 Å². The van der Waals surface area contributed by atoms with Crippen LogP contribution in [0.15, 0.2) is 0 Å². The van der Waals surface area contributed by atoms with Crippen LogP contribution in [0.2, 0.25) is 0 Å². The quantitative estimate of drug-likeness (QED) is 0.744. The van der Waals surface area contributed by atoms with Gasteiger partial charge in [-0.15, -0.1) is 0 Å². The van der Waals surface area contributed by atoms with Gasteiger partial charge in [0, 0.05) is 17.9 Å². The van der Waals surface area contributed by atoms with E-state index < -0.39 is 0 Å². The highest BCUT2D eigenvalue weighted by Crippen LogP contribution is 2.47. The molecular weight excluding hydrogens is 266 g/mol. The van der Waals surface area contributed by atoms with Gasteiger partial charge in [0.15, 0.2) is 0 Å². The maximum atomic E-state index is 6.94. The average Bonchev–Trinajstić information content (AvgIpc) is 2.78. The van der Waals surface area contributed by atoms with Crippen molar-refractivity contribution in [1.29, 1.82) is 0 Å². The summed E-state index contributed by atoms with van der Waals surface area (Å²) in [7, 11) is 0. The molecule has 1 spiro atoms. The Morgan fingerprint density at radius 2 is 1.95 bits per heavy atom. The van der Waals surface area contributed by atoms with Crippen molar-refractivity contribution in [3.8, 4) is 0 Å². The lowest BCUT2D eigenvalue weighted by Gasteiger charge is -2.46. The predicted molar refractivity (Wildman–Crippen MR) is 87.1 cm³/mol. The monoisotopic (exact) mass is 297 g/mol. The summed E-state index contributed by atoms with van der Waals surface area (Å²) in [5, 5.41) is 0. The van der Waals surface area contributed by atoms with E-state index in [1.807, 2.05) is 0 Å². The fourth-order valence-corrected chi connectivity index (χ4v) is 5.89. The van der Waals surface area contributed by atoms with Crippen LogP contribution in [0.4, 0.5) is 0 Å². The standard InChI is InChI=1S/C17H31NOS/c1-15(2)5-3-6-17(18,8-7-15)14-4-10-19-16(12-14)9-11-20-13-16/h14H,3-13,18H2,1-2H3. The van der Waals surface area contributed by atoms with E-state index in [1.54, 1.807) is 0 Å². The van der Waals surface area contributed by atoms with Crippen molar-refractivity contribution in [3.63, 3.8) is 0 Å². The van der Waals surface area contributed by atoms with E-state index in [0.29, 0.717) is 11.3 Å². The molecule has 2 saturated heterocycles. The topological polar surface area (TPSA) is 35.2 Å². The highest BCUT2D eigenvalue weighted by Gasteiger charge is 2.47. The Labute approximate surface area is 128 Å². The first-order valence-electron chi connectivity index (χ1n) is 8.44. The van der Waals surface area contributed by atoms with Crippen molar-refractivity contribution in [2.24, 2.45) is 17.1 Å². The number of thioether (sulfide) groups is 1. The smallest absolute Gasteiger partial charge is 0.0783 e. The third kappa shape index (κ3) is 3.05. The summed E-state index contributed by atoms with van der Waals surface area (Å²) in [4.78, 5) is 0.